The molecule has 4 amide bonds. The summed E-state index contributed by atoms with van der Waals surface area (Å²) < 4.78 is 0. The van der Waals surface area contributed by atoms with Crippen molar-refractivity contribution in [3.05, 3.63) is 36.0 Å². The number of carboxylic acids is 2. The fraction of sp³-hybridized carbons (Fsp3) is 0.481. The van der Waals surface area contributed by atoms with E-state index in [0.717, 1.165) is 10.9 Å². The predicted octanol–water partition coefficient (Wildman–Crippen LogP) is -0.376. The van der Waals surface area contributed by atoms with Crippen molar-refractivity contribution in [2.24, 2.45) is 11.7 Å². The molecule has 14 heteroatoms. The summed E-state index contributed by atoms with van der Waals surface area (Å²) in [7, 11) is 0. The second-order valence-corrected chi connectivity index (χ2v) is 9.89. The summed E-state index contributed by atoms with van der Waals surface area (Å²) >= 11 is 0. The minimum Gasteiger partial charge on any atom is -0.481 e. The lowest BCUT2D eigenvalue weighted by atomic mass is 9.98. The maximum Gasteiger partial charge on any atom is 0.326 e. The summed E-state index contributed by atoms with van der Waals surface area (Å²) in [6.45, 7) is 4.46. The number of amides is 4. The van der Waals surface area contributed by atoms with Gasteiger partial charge in [-0.2, -0.15) is 0 Å². The Morgan fingerprint density at radius 1 is 0.927 bits per heavy atom. The maximum atomic E-state index is 13.0. The van der Waals surface area contributed by atoms with E-state index in [2.05, 4.69) is 26.3 Å². The van der Waals surface area contributed by atoms with Gasteiger partial charge in [-0.05, 0) is 30.9 Å². The molecule has 0 unspecified atom stereocenters. The van der Waals surface area contributed by atoms with Crippen LogP contribution in [0.5, 0.6) is 0 Å². The number of aliphatic carboxylic acids is 2. The van der Waals surface area contributed by atoms with Crippen LogP contribution in [-0.4, -0.2) is 81.5 Å². The largest absolute Gasteiger partial charge is 0.481 e. The number of fused-ring (bicyclic) bond motifs is 1. The Labute approximate surface area is 236 Å². The molecule has 41 heavy (non-hydrogen) atoms. The van der Waals surface area contributed by atoms with Gasteiger partial charge in [-0.1, -0.05) is 38.5 Å². The number of benzene rings is 1. The number of rotatable bonds is 16. The Balaban J connectivity index is 2.08. The van der Waals surface area contributed by atoms with Crippen LogP contribution < -0.4 is 27.0 Å². The van der Waals surface area contributed by atoms with Crippen LogP contribution in [0.15, 0.2) is 30.5 Å². The minimum absolute atomic E-state index is 0.0646. The number of nitrogens with two attached hydrogens (primary N) is 1. The van der Waals surface area contributed by atoms with Gasteiger partial charge in [-0.15, -0.1) is 0 Å². The third-order valence-corrected chi connectivity index (χ3v) is 6.64. The second-order valence-electron chi connectivity index (χ2n) is 9.89. The molecule has 9 N–H and O–H groups in total. The molecule has 0 fully saturated rings. The van der Waals surface area contributed by atoms with Crippen molar-refractivity contribution in [1.29, 1.82) is 0 Å². The number of carboxylic acid groups (broad SMARTS) is 2. The Morgan fingerprint density at radius 3 is 2.22 bits per heavy atom. The molecule has 0 aliphatic carbocycles. The normalized spacial score (nSPS) is 14.6. The van der Waals surface area contributed by atoms with Crippen LogP contribution >= 0.6 is 0 Å². The van der Waals surface area contributed by atoms with Gasteiger partial charge >= 0.3 is 11.9 Å². The van der Waals surface area contributed by atoms with Gasteiger partial charge in [-0.25, -0.2) is 4.79 Å². The fourth-order valence-corrected chi connectivity index (χ4v) is 4.04. The monoisotopic (exact) mass is 574 g/mol. The first-order valence-corrected chi connectivity index (χ1v) is 13.3. The van der Waals surface area contributed by atoms with E-state index in [1.807, 2.05) is 19.1 Å². The smallest absolute Gasteiger partial charge is 0.326 e. The topological polar surface area (TPSA) is 233 Å². The predicted molar refractivity (Wildman–Crippen MR) is 148 cm³/mol. The molecule has 2 aromatic rings. The number of hydrogen-bond donors (Lipinski definition) is 8. The van der Waals surface area contributed by atoms with Crippen LogP contribution in [0.2, 0.25) is 0 Å². The zero-order valence-corrected chi connectivity index (χ0v) is 23.2. The molecule has 1 aromatic carbocycles. The molecule has 0 bridgehead atoms. The van der Waals surface area contributed by atoms with Gasteiger partial charge in [0.2, 0.25) is 23.6 Å². The molecule has 0 aliphatic heterocycles. The first kappa shape index (κ1) is 32.8. The molecule has 0 saturated heterocycles. The summed E-state index contributed by atoms with van der Waals surface area (Å²) in [6.07, 6.45) is 1.32. The quantitative estimate of drug-likeness (QED) is 0.130. The number of aromatic amines is 1. The van der Waals surface area contributed by atoms with E-state index in [0.29, 0.717) is 12.0 Å². The highest BCUT2D eigenvalue weighted by atomic mass is 16.4. The Hall–Kier alpha value is -4.46. The Morgan fingerprint density at radius 2 is 1.61 bits per heavy atom. The molecule has 14 nitrogen and oxygen atoms in total. The van der Waals surface area contributed by atoms with Gasteiger partial charge < -0.3 is 42.2 Å². The maximum absolute atomic E-state index is 13.0. The van der Waals surface area contributed by atoms with Crippen LogP contribution in [-0.2, 0) is 35.2 Å². The zero-order chi connectivity index (χ0) is 30.7. The second kappa shape index (κ2) is 15.4. The number of aromatic nitrogens is 1. The van der Waals surface area contributed by atoms with E-state index < -0.39 is 72.7 Å². The van der Waals surface area contributed by atoms with Gasteiger partial charge in [0.25, 0.3) is 0 Å². The van der Waals surface area contributed by atoms with Crippen molar-refractivity contribution in [1.82, 2.24) is 26.3 Å². The highest BCUT2D eigenvalue weighted by molar-refractivity contribution is 5.94. The van der Waals surface area contributed by atoms with Crippen molar-refractivity contribution >= 4 is 46.5 Å². The van der Waals surface area contributed by atoms with Crippen LogP contribution in [0.25, 0.3) is 10.9 Å². The lowest BCUT2D eigenvalue weighted by Gasteiger charge is -2.25. The van der Waals surface area contributed by atoms with E-state index in [9.17, 15) is 33.9 Å². The first-order valence-electron chi connectivity index (χ1n) is 13.3. The molecule has 224 valence electrons. The minimum atomic E-state index is -1.39. The molecular formula is C27H38N6O8. The van der Waals surface area contributed by atoms with Crippen LogP contribution in [0.1, 0.15) is 45.6 Å². The Bertz CT molecular complexity index is 1260. The number of H-pyrrole nitrogens is 1. The third-order valence-electron chi connectivity index (χ3n) is 6.64. The summed E-state index contributed by atoms with van der Waals surface area (Å²) in [5.41, 5.74) is 7.01. The van der Waals surface area contributed by atoms with Gasteiger partial charge in [0.1, 0.15) is 18.1 Å². The highest BCUT2D eigenvalue weighted by Gasteiger charge is 2.30. The lowest BCUT2D eigenvalue weighted by Crippen LogP contribution is -2.56. The van der Waals surface area contributed by atoms with Gasteiger partial charge in [0, 0.05) is 29.9 Å². The first-order chi connectivity index (χ1) is 19.3. The van der Waals surface area contributed by atoms with E-state index in [-0.39, 0.29) is 18.8 Å². The molecule has 0 aliphatic rings. The third kappa shape index (κ3) is 9.90. The van der Waals surface area contributed by atoms with Crippen LogP contribution in [0.3, 0.4) is 0 Å². The van der Waals surface area contributed by atoms with E-state index >= 15 is 0 Å². The SMILES string of the molecule is CC[C@H](C)[C@H](NC(=O)[C@H](C)N)C(=O)NCC(=O)N[C@@H](CCC(=O)O)C(=O)N[C@@H](Cc1c[nH]c2ccccc12)C(=O)O. The highest BCUT2D eigenvalue weighted by Crippen LogP contribution is 2.19. The summed E-state index contributed by atoms with van der Waals surface area (Å²) in [6, 6.07) is 2.68. The molecule has 0 saturated carbocycles. The standard InChI is InChI=1S/C27H38N6O8/c1-4-14(2)23(33-24(37)15(3)28)26(39)30-13-21(34)31-19(9-10-22(35)36)25(38)32-20(27(40)41)11-16-12-29-18-8-6-5-7-17(16)18/h5-8,12,14-15,19-20,23,29H,4,9-11,13,28H2,1-3H3,(H,30,39)(H,31,34)(H,32,38)(H,33,37)(H,35,36)(H,40,41)/t14-,15-,19-,20-,23-/m0/s1. The molecule has 1 heterocycles. The molecule has 0 spiro atoms. The fourth-order valence-electron chi connectivity index (χ4n) is 4.04. The van der Waals surface area contributed by atoms with Gasteiger partial charge in [0.05, 0.1) is 12.6 Å². The van der Waals surface area contributed by atoms with Crippen molar-refractivity contribution in [3.8, 4) is 0 Å². The van der Waals surface area contributed by atoms with Crippen molar-refractivity contribution in [2.45, 2.75) is 70.6 Å². The number of carbonyl (C=O) groups excluding carboxylic acids is 4. The zero-order valence-electron chi connectivity index (χ0n) is 23.2. The lowest BCUT2D eigenvalue weighted by molar-refractivity contribution is -0.143. The summed E-state index contributed by atoms with van der Waals surface area (Å²) in [5, 5.41) is 29.3. The molecular weight excluding hydrogens is 536 g/mol. The average molecular weight is 575 g/mol. The Kier molecular flexibility index (Phi) is 12.3. The molecule has 2 rings (SSSR count). The van der Waals surface area contributed by atoms with Crippen LogP contribution in [0, 0.1) is 5.92 Å². The van der Waals surface area contributed by atoms with E-state index in [4.69, 9.17) is 10.8 Å². The van der Waals surface area contributed by atoms with Gasteiger partial charge in [0.15, 0.2) is 0 Å². The number of carbonyl (C=O) groups is 6. The summed E-state index contributed by atoms with van der Waals surface area (Å²) in [5.74, 6) is -5.70. The number of nitrogens with one attached hydrogen (secondary N) is 5. The molecule has 0 radical (unpaired) electrons. The van der Waals surface area contributed by atoms with Gasteiger partial charge in [-0.3, -0.25) is 24.0 Å². The van der Waals surface area contributed by atoms with Crippen molar-refractivity contribution in [2.75, 3.05) is 6.54 Å². The van der Waals surface area contributed by atoms with E-state index in [1.165, 1.54) is 6.92 Å². The van der Waals surface area contributed by atoms with E-state index in [1.54, 1.807) is 25.3 Å². The molecule has 1 aromatic heterocycles. The van der Waals surface area contributed by atoms with Crippen LogP contribution in [0.4, 0.5) is 0 Å². The number of hydrogen-bond acceptors (Lipinski definition) is 7. The number of para-hydroxylation sites is 1. The summed E-state index contributed by atoms with van der Waals surface area (Å²) in [4.78, 5) is 76.6. The van der Waals surface area contributed by atoms with Crippen molar-refractivity contribution < 1.29 is 39.0 Å². The molecule has 5 atom stereocenters. The average Bonchev–Trinajstić information content (AvgIpc) is 3.33. The van der Waals surface area contributed by atoms with Crippen molar-refractivity contribution in [3.63, 3.8) is 0 Å².